The third-order valence-corrected chi connectivity index (χ3v) is 1.91. The minimum atomic E-state index is -5.50. The van der Waals surface area contributed by atoms with Crippen LogP contribution < -0.4 is 0 Å². The van der Waals surface area contributed by atoms with Crippen LogP contribution in [0.2, 0.25) is 0 Å². The molecule has 0 aliphatic carbocycles. The summed E-state index contributed by atoms with van der Waals surface area (Å²) in [5, 5.41) is 25.1. The van der Waals surface area contributed by atoms with Crippen LogP contribution in [-0.2, 0) is 9.53 Å². The maximum Gasteiger partial charge on any atom is 0.559 e. The molecule has 0 amide bonds. The highest BCUT2D eigenvalue weighted by atomic mass is 19.5. The summed E-state index contributed by atoms with van der Waals surface area (Å²) in [5.41, 5.74) is -0.846. The van der Waals surface area contributed by atoms with Crippen molar-refractivity contribution in [2.45, 2.75) is 39.0 Å². The van der Waals surface area contributed by atoms with Crippen molar-refractivity contribution in [3.63, 3.8) is 0 Å². The highest BCUT2D eigenvalue weighted by molar-refractivity contribution is 5.75. The third-order valence-electron chi connectivity index (χ3n) is 1.91. The Labute approximate surface area is 138 Å². The van der Waals surface area contributed by atoms with Crippen molar-refractivity contribution in [1.29, 1.82) is 0 Å². The molecule has 0 aromatic rings. The summed E-state index contributed by atoms with van der Waals surface area (Å²) in [4.78, 5) is 10.2. The normalized spacial score (nSPS) is 13.0. The van der Waals surface area contributed by atoms with Crippen molar-refractivity contribution in [1.82, 2.24) is 0 Å². The Kier molecular flexibility index (Phi) is 14.9. The van der Waals surface area contributed by atoms with Gasteiger partial charge in [0.1, 0.15) is 0 Å². The molecule has 5 nitrogen and oxygen atoms in total. The Bertz CT molecular complexity index is 337. The van der Waals surface area contributed by atoms with Gasteiger partial charge in [0.05, 0.1) is 32.6 Å². The fourth-order valence-electron chi connectivity index (χ4n) is 0.606. The minimum absolute atomic E-state index is 0.0382. The Hall–Kier alpha value is -1.21. The maximum atomic E-state index is 11.6. The summed E-state index contributed by atoms with van der Waals surface area (Å²) in [7, 11) is 0. The molecular weight excluding hydrogens is 376 g/mol. The SMILES string of the molecule is CC(C)(CO)COC(=O)C(F)(F)F.FC(F)(F)F.OCC(O)CCF. The highest BCUT2D eigenvalue weighted by Crippen LogP contribution is 2.20. The molecule has 0 saturated carbocycles. The van der Waals surface area contributed by atoms with Crippen molar-refractivity contribution in [3.05, 3.63) is 0 Å². The Morgan fingerprint density at radius 2 is 1.44 bits per heavy atom. The number of rotatable bonds is 6. The first-order valence-electron chi connectivity index (χ1n) is 6.45. The molecule has 1 unspecified atom stereocenters. The maximum absolute atomic E-state index is 11.6. The van der Waals surface area contributed by atoms with Gasteiger partial charge in [-0.1, -0.05) is 13.8 Å². The van der Waals surface area contributed by atoms with E-state index >= 15 is 0 Å². The van der Waals surface area contributed by atoms with Crippen molar-refractivity contribution in [3.8, 4) is 0 Å². The Morgan fingerprint density at radius 1 is 1.04 bits per heavy atom. The van der Waals surface area contributed by atoms with E-state index in [4.69, 9.17) is 15.3 Å². The molecule has 154 valence electrons. The molecule has 13 heteroatoms. The molecule has 0 rings (SSSR count). The molecule has 0 radical (unpaired) electrons. The zero-order chi connectivity index (χ0) is 20.9. The summed E-state index contributed by atoms with van der Waals surface area (Å²) in [5.74, 6) is -2.23. The first-order chi connectivity index (χ1) is 11.0. The molecule has 0 aliphatic rings. The number of esters is 1. The van der Waals surface area contributed by atoms with Gasteiger partial charge in [-0.2, -0.15) is 13.2 Å². The molecule has 3 N–H and O–H groups in total. The molecule has 0 aromatic heterocycles. The zero-order valence-electron chi connectivity index (χ0n) is 13.3. The number of aliphatic hydroxyl groups excluding tert-OH is 3. The van der Waals surface area contributed by atoms with Gasteiger partial charge in [0, 0.05) is 11.8 Å². The first kappa shape index (κ1) is 28.6. The minimum Gasteiger partial charge on any atom is -0.458 e. The van der Waals surface area contributed by atoms with Gasteiger partial charge < -0.3 is 20.1 Å². The summed E-state index contributed by atoms with van der Waals surface area (Å²) >= 11 is 0. The van der Waals surface area contributed by atoms with Crippen LogP contribution in [0, 0.1) is 5.41 Å². The van der Waals surface area contributed by atoms with E-state index in [2.05, 4.69) is 4.74 Å². The molecule has 0 saturated heterocycles. The second kappa shape index (κ2) is 13.1. The average molecular weight is 396 g/mol. The van der Waals surface area contributed by atoms with Crippen LogP contribution >= 0.6 is 0 Å². The molecule has 0 fully saturated rings. The summed E-state index contributed by atoms with van der Waals surface area (Å²) in [6.45, 7) is 1.25. The fraction of sp³-hybridized carbons (Fsp3) is 0.917. The monoisotopic (exact) mass is 396 g/mol. The second-order valence-electron chi connectivity index (χ2n) is 5.14. The molecule has 0 heterocycles. The molecule has 1 atom stereocenters. The largest absolute Gasteiger partial charge is 0.559 e. The van der Waals surface area contributed by atoms with Gasteiger partial charge in [-0.3, -0.25) is 4.39 Å². The quantitative estimate of drug-likeness (QED) is 0.474. The van der Waals surface area contributed by atoms with E-state index in [9.17, 15) is 39.9 Å². The lowest BCUT2D eigenvalue weighted by molar-refractivity contribution is -0.237. The van der Waals surface area contributed by atoms with E-state index in [-0.39, 0.29) is 19.6 Å². The molecule has 0 aromatic carbocycles. The van der Waals surface area contributed by atoms with Crippen molar-refractivity contribution >= 4 is 5.97 Å². The number of aliphatic hydroxyl groups is 3. The van der Waals surface area contributed by atoms with Gasteiger partial charge in [0.2, 0.25) is 0 Å². The van der Waals surface area contributed by atoms with Gasteiger partial charge in [-0.15, -0.1) is 17.6 Å². The van der Waals surface area contributed by atoms with Crippen LogP contribution in [-0.4, -0.2) is 66.5 Å². The van der Waals surface area contributed by atoms with E-state index in [0.717, 1.165) is 0 Å². The van der Waals surface area contributed by atoms with Crippen LogP contribution in [0.5, 0.6) is 0 Å². The van der Waals surface area contributed by atoms with Crippen molar-refractivity contribution in [2.75, 3.05) is 26.5 Å². The van der Waals surface area contributed by atoms with Crippen LogP contribution in [0.4, 0.5) is 35.1 Å². The summed E-state index contributed by atoms with van der Waals surface area (Å²) in [6.07, 6.45) is -11.3. The Morgan fingerprint density at radius 3 is 1.64 bits per heavy atom. The number of alkyl halides is 8. The van der Waals surface area contributed by atoms with Crippen molar-refractivity contribution < 1.29 is 60.0 Å². The van der Waals surface area contributed by atoms with Crippen LogP contribution in [0.1, 0.15) is 20.3 Å². The van der Waals surface area contributed by atoms with E-state index in [1.165, 1.54) is 13.8 Å². The van der Waals surface area contributed by atoms with Gasteiger partial charge in [0.15, 0.2) is 0 Å². The van der Waals surface area contributed by atoms with Gasteiger partial charge in [-0.25, -0.2) is 4.79 Å². The topological polar surface area (TPSA) is 87.0 Å². The van der Waals surface area contributed by atoms with Crippen LogP contribution in [0.3, 0.4) is 0 Å². The first-order valence-corrected chi connectivity index (χ1v) is 6.45. The second-order valence-corrected chi connectivity index (χ2v) is 5.14. The molecule has 0 aliphatic heterocycles. The van der Waals surface area contributed by atoms with Gasteiger partial charge in [-0.05, 0) is 0 Å². The smallest absolute Gasteiger partial charge is 0.458 e. The number of ether oxygens (including phenoxy) is 1. The number of hydrogen-bond acceptors (Lipinski definition) is 5. The molecule has 0 bridgehead atoms. The summed E-state index contributed by atoms with van der Waals surface area (Å²) < 4.78 is 88.6. The molecular formula is C12H20F8O5. The van der Waals surface area contributed by atoms with E-state index in [1.54, 1.807) is 0 Å². The van der Waals surface area contributed by atoms with Gasteiger partial charge in [0.25, 0.3) is 0 Å². The summed E-state index contributed by atoms with van der Waals surface area (Å²) in [6, 6.07) is 0. The van der Waals surface area contributed by atoms with Crippen molar-refractivity contribution in [2.24, 2.45) is 5.41 Å². The lowest BCUT2D eigenvalue weighted by Crippen LogP contribution is -2.31. The molecule has 0 spiro atoms. The predicted molar refractivity (Wildman–Crippen MR) is 68.7 cm³/mol. The number of halogens is 8. The number of hydrogen-bond donors (Lipinski definition) is 3. The van der Waals surface area contributed by atoms with E-state index in [1.807, 2.05) is 0 Å². The third kappa shape index (κ3) is 27.9. The van der Waals surface area contributed by atoms with E-state index < -0.39 is 43.4 Å². The lowest BCUT2D eigenvalue weighted by atomic mass is 9.97. The zero-order valence-corrected chi connectivity index (χ0v) is 13.3. The molecule has 25 heavy (non-hydrogen) atoms. The van der Waals surface area contributed by atoms with Crippen LogP contribution in [0.25, 0.3) is 0 Å². The standard InChI is InChI=1S/C7H11F3O3.C4H9FO2.CF4/c1-6(2,3-11)4-13-5(12)7(8,9)10;5-2-1-4(7)3-6;2-1(3,4)5/h11H,3-4H2,1-2H3;4,6-7H,1-3H2;. The number of carbonyl (C=O) groups excluding carboxylic acids is 1. The average Bonchev–Trinajstić information content (AvgIpc) is 2.43. The van der Waals surface area contributed by atoms with E-state index in [0.29, 0.717) is 0 Å². The fourth-order valence-corrected chi connectivity index (χ4v) is 0.606. The number of carbonyl (C=O) groups is 1. The predicted octanol–water partition coefficient (Wildman–Crippen LogP) is 2.29. The Balaban J connectivity index is -0.000000337. The highest BCUT2D eigenvalue weighted by Gasteiger charge is 2.41. The lowest BCUT2D eigenvalue weighted by Gasteiger charge is -2.21. The van der Waals surface area contributed by atoms with Crippen LogP contribution in [0.15, 0.2) is 0 Å². The van der Waals surface area contributed by atoms with Gasteiger partial charge >= 0.3 is 18.6 Å².